The fraction of sp³-hybridized carbons (Fsp3) is 1.00. The summed E-state index contributed by atoms with van der Waals surface area (Å²) in [7, 11) is 1.82. The molecule has 0 aromatic rings. The Morgan fingerprint density at radius 2 is 2.07 bits per heavy atom. The molecule has 0 radical (unpaired) electrons. The van der Waals surface area contributed by atoms with Gasteiger partial charge in [-0.1, -0.05) is 13.8 Å². The first-order chi connectivity index (χ1) is 6.52. The number of methoxy groups -OCH3 is 1. The summed E-state index contributed by atoms with van der Waals surface area (Å²) in [5.74, 6) is 0.721. The lowest BCUT2D eigenvalue weighted by Crippen LogP contribution is -2.50. The first kappa shape index (κ1) is 9.17. The van der Waals surface area contributed by atoms with E-state index in [-0.39, 0.29) is 11.2 Å². The van der Waals surface area contributed by atoms with Crippen LogP contribution in [-0.4, -0.2) is 24.4 Å². The van der Waals surface area contributed by atoms with Gasteiger partial charge in [-0.25, -0.2) is 0 Å². The Morgan fingerprint density at radius 3 is 2.43 bits per heavy atom. The van der Waals surface area contributed by atoms with Crippen LogP contribution in [0.3, 0.4) is 0 Å². The van der Waals surface area contributed by atoms with Gasteiger partial charge in [0.25, 0.3) is 0 Å². The molecule has 2 aliphatic carbocycles. The van der Waals surface area contributed by atoms with Gasteiger partial charge in [-0.15, -0.1) is 0 Å². The fourth-order valence-corrected chi connectivity index (χ4v) is 4.32. The molecule has 1 heterocycles. The van der Waals surface area contributed by atoms with Crippen molar-refractivity contribution in [1.29, 1.82) is 0 Å². The van der Waals surface area contributed by atoms with Crippen molar-refractivity contribution >= 4 is 0 Å². The molecular formula is C12H20O2. The Morgan fingerprint density at radius 1 is 1.36 bits per heavy atom. The maximum Gasteiger partial charge on any atom is 0.122 e. The molecule has 3 aliphatic rings. The van der Waals surface area contributed by atoms with E-state index in [1.54, 1.807) is 0 Å². The summed E-state index contributed by atoms with van der Waals surface area (Å²) in [6.45, 7) is 6.91. The average molecular weight is 196 g/mol. The third kappa shape index (κ3) is 0.619. The smallest absolute Gasteiger partial charge is 0.122 e. The Labute approximate surface area is 86.0 Å². The van der Waals surface area contributed by atoms with E-state index in [2.05, 4.69) is 20.8 Å². The SMILES string of the molecule is COC1CC2(C(C)C)CCC23OC13C. The minimum absolute atomic E-state index is 0.0459. The first-order valence-corrected chi connectivity index (χ1v) is 5.75. The highest BCUT2D eigenvalue weighted by molar-refractivity contribution is 5.36. The standard InChI is InChI=1S/C12H20O2/c1-8(2)11-5-6-12(11)10(3,14-12)9(7-11)13-4/h8-9H,5-7H2,1-4H3. The second kappa shape index (κ2) is 2.19. The van der Waals surface area contributed by atoms with E-state index in [9.17, 15) is 0 Å². The highest BCUT2D eigenvalue weighted by atomic mass is 16.7. The van der Waals surface area contributed by atoms with Gasteiger partial charge < -0.3 is 9.47 Å². The van der Waals surface area contributed by atoms with Crippen molar-refractivity contribution in [2.45, 2.75) is 57.3 Å². The lowest BCUT2D eigenvalue weighted by Gasteiger charge is -2.49. The zero-order valence-electron chi connectivity index (χ0n) is 9.59. The van der Waals surface area contributed by atoms with E-state index in [0.29, 0.717) is 11.5 Å². The van der Waals surface area contributed by atoms with Gasteiger partial charge in [-0.05, 0) is 32.1 Å². The van der Waals surface area contributed by atoms with Crippen LogP contribution in [0.5, 0.6) is 0 Å². The van der Waals surface area contributed by atoms with Crippen LogP contribution in [0, 0.1) is 11.3 Å². The van der Waals surface area contributed by atoms with Crippen LogP contribution >= 0.6 is 0 Å². The zero-order chi connectivity index (χ0) is 10.2. The monoisotopic (exact) mass is 196 g/mol. The van der Waals surface area contributed by atoms with Gasteiger partial charge in [-0.2, -0.15) is 0 Å². The predicted molar refractivity (Wildman–Crippen MR) is 54.1 cm³/mol. The Kier molecular flexibility index (Phi) is 1.44. The van der Waals surface area contributed by atoms with E-state index in [1.165, 1.54) is 19.3 Å². The summed E-state index contributed by atoms with van der Waals surface area (Å²) < 4.78 is 11.7. The Hall–Kier alpha value is -0.0800. The van der Waals surface area contributed by atoms with Crippen LogP contribution in [0.4, 0.5) is 0 Å². The molecule has 4 atom stereocenters. The van der Waals surface area contributed by atoms with Crippen molar-refractivity contribution < 1.29 is 9.47 Å². The van der Waals surface area contributed by atoms with Crippen molar-refractivity contribution in [2.24, 2.45) is 11.3 Å². The first-order valence-electron chi connectivity index (χ1n) is 5.75. The largest absolute Gasteiger partial charge is 0.378 e. The molecule has 3 fully saturated rings. The topological polar surface area (TPSA) is 21.8 Å². The molecule has 0 aromatic carbocycles. The van der Waals surface area contributed by atoms with E-state index in [1.807, 2.05) is 7.11 Å². The quantitative estimate of drug-likeness (QED) is 0.632. The number of hydrogen-bond acceptors (Lipinski definition) is 2. The predicted octanol–water partition coefficient (Wildman–Crippen LogP) is 2.37. The summed E-state index contributed by atoms with van der Waals surface area (Å²) in [6.07, 6.45) is 4.12. The molecule has 0 aromatic heterocycles. The van der Waals surface area contributed by atoms with Crippen LogP contribution in [0.2, 0.25) is 0 Å². The molecule has 2 saturated carbocycles. The van der Waals surface area contributed by atoms with Gasteiger partial charge in [0.05, 0.1) is 6.10 Å². The van der Waals surface area contributed by atoms with Crippen molar-refractivity contribution in [2.75, 3.05) is 7.11 Å². The Balaban J connectivity index is 1.99. The van der Waals surface area contributed by atoms with Gasteiger partial charge in [0.1, 0.15) is 11.2 Å². The van der Waals surface area contributed by atoms with Crippen molar-refractivity contribution in [3.8, 4) is 0 Å². The van der Waals surface area contributed by atoms with Crippen molar-refractivity contribution in [3.05, 3.63) is 0 Å². The molecule has 0 amide bonds. The molecule has 80 valence electrons. The molecule has 0 N–H and O–H groups in total. The average Bonchev–Trinajstić information content (AvgIpc) is 2.71. The molecule has 1 saturated heterocycles. The summed E-state index contributed by atoms with van der Waals surface area (Å²) in [4.78, 5) is 0. The highest BCUT2D eigenvalue weighted by Gasteiger charge is 2.88. The van der Waals surface area contributed by atoms with Gasteiger partial charge in [0, 0.05) is 12.5 Å². The molecule has 0 bridgehead atoms. The van der Waals surface area contributed by atoms with Crippen LogP contribution in [-0.2, 0) is 9.47 Å². The number of epoxide rings is 1. The summed E-state index contributed by atoms with van der Waals surface area (Å²) in [5.41, 5.74) is 0.682. The third-order valence-electron chi connectivity index (χ3n) is 5.43. The second-order valence-electron chi connectivity index (χ2n) is 5.78. The van der Waals surface area contributed by atoms with Gasteiger partial charge in [0.2, 0.25) is 0 Å². The van der Waals surface area contributed by atoms with Crippen LogP contribution in [0.15, 0.2) is 0 Å². The number of rotatable bonds is 2. The summed E-state index contributed by atoms with van der Waals surface area (Å²) >= 11 is 0. The molecule has 2 nitrogen and oxygen atoms in total. The summed E-state index contributed by atoms with van der Waals surface area (Å²) in [5, 5.41) is 0. The molecule has 3 rings (SSSR count). The lowest BCUT2D eigenvalue weighted by molar-refractivity contribution is -0.0826. The normalized spacial score (nSPS) is 59.4. The fourth-order valence-electron chi connectivity index (χ4n) is 4.32. The summed E-state index contributed by atoms with van der Waals surface area (Å²) in [6, 6.07) is 0. The van der Waals surface area contributed by atoms with Crippen LogP contribution in [0.1, 0.15) is 40.0 Å². The number of hydrogen-bond donors (Lipinski definition) is 0. The van der Waals surface area contributed by atoms with Crippen molar-refractivity contribution in [1.82, 2.24) is 0 Å². The highest BCUT2D eigenvalue weighted by Crippen LogP contribution is 2.80. The molecule has 1 spiro atoms. The lowest BCUT2D eigenvalue weighted by atomic mass is 9.54. The molecule has 1 aliphatic heterocycles. The molecule has 4 unspecified atom stereocenters. The van der Waals surface area contributed by atoms with E-state index < -0.39 is 0 Å². The van der Waals surface area contributed by atoms with Gasteiger partial charge in [-0.3, -0.25) is 0 Å². The van der Waals surface area contributed by atoms with Gasteiger partial charge in [0.15, 0.2) is 0 Å². The molecule has 2 heteroatoms. The Bertz CT molecular complexity index is 288. The molecule has 14 heavy (non-hydrogen) atoms. The van der Waals surface area contributed by atoms with E-state index >= 15 is 0 Å². The minimum Gasteiger partial charge on any atom is -0.378 e. The maximum atomic E-state index is 6.07. The minimum atomic E-state index is 0.0459. The second-order valence-corrected chi connectivity index (χ2v) is 5.78. The zero-order valence-corrected chi connectivity index (χ0v) is 9.59. The van der Waals surface area contributed by atoms with E-state index in [0.717, 1.165) is 5.92 Å². The third-order valence-corrected chi connectivity index (χ3v) is 5.43. The van der Waals surface area contributed by atoms with Crippen LogP contribution in [0.25, 0.3) is 0 Å². The number of ether oxygens (including phenoxy) is 2. The van der Waals surface area contributed by atoms with Gasteiger partial charge >= 0.3 is 0 Å². The van der Waals surface area contributed by atoms with Crippen molar-refractivity contribution in [3.63, 3.8) is 0 Å². The van der Waals surface area contributed by atoms with E-state index in [4.69, 9.17) is 9.47 Å². The molecular weight excluding hydrogens is 176 g/mol. The maximum absolute atomic E-state index is 6.07. The van der Waals surface area contributed by atoms with Crippen LogP contribution < -0.4 is 0 Å².